The van der Waals surface area contributed by atoms with E-state index in [4.69, 9.17) is 4.74 Å². The van der Waals surface area contributed by atoms with Crippen molar-refractivity contribution in [2.75, 3.05) is 5.32 Å². The zero-order valence-corrected chi connectivity index (χ0v) is 17.7. The number of aromatic nitrogens is 5. The van der Waals surface area contributed by atoms with Gasteiger partial charge < -0.3 is 10.1 Å². The van der Waals surface area contributed by atoms with Gasteiger partial charge in [-0.3, -0.25) is 9.48 Å². The Labute approximate surface area is 185 Å². The van der Waals surface area contributed by atoms with Gasteiger partial charge in [-0.2, -0.15) is 19.0 Å². The average Bonchev–Trinajstić information content (AvgIpc) is 3.34. The lowest BCUT2D eigenvalue weighted by Crippen LogP contribution is -2.12. The highest BCUT2D eigenvalue weighted by molar-refractivity contribution is 8.00. The number of amides is 1. The Morgan fingerprint density at radius 1 is 1.34 bits per heavy atom. The van der Waals surface area contributed by atoms with Crippen molar-refractivity contribution < 1.29 is 18.3 Å². The molecule has 1 aliphatic carbocycles. The summed E-state index contributed by atoms with van der Waals surface area (Å²) in [5.41, 5.74) is 1.76. The van der Waals surface area contributed by atoms with Crippen molar-refractivity contribution in [3.05, 3.63) is 54.6 Å². The van der Waals surface area contributed by atoms with Gasteiger partial charge in [0.2, 0.25) is 0 Å². The van der Waals surface area contributed by atoms with E-state index in [9.17, 15) is 13.6 Å². The highest BCUT2D eigenvalue weighted by Gasteiger charge is 2.25. The van der Waals surface area contributed by atoms with E-state index in [1.54, 1.807) is 55.6 Å². The van der Waals surface area contributed by atoms with Gasteiger partial charge in [-0.05, 0) is 37.1 Å². The van der Waals surface area contributed by atoms with Gasteiger partial charge in [0.15, 0.2) is 5.65 Å². The van der Waals surface area contributed by atoms with Crippen LogP contribution in [0.2, 0.25) is 0 Å². The quantitative estimate of drug-likeness (QED) is 0.448. The molecule has 1 aliphatic rings. The number of nitrogens with zero attached hydrogens (tertiary/aromatic N) is 5. The minimum absolute atomic E-state index is 0.00741. The molecule has 0 bridgehead atoms. The Kier molecular flexibility index (Phi) is 5.25. The van der Waals surface area contributed by atoms with Crippen LogP contribution in [-0.2, 0) is 7.05 Å². The molecule has 3 aromatic heterocycles. The molecule has 1 N–H and O–H groups in total. The molecule has 5 rings (SSSR count). The molecule has 1 saturated carbocycles. The summed E-state index contributed by atoms with van der Waals surface area (Å²) in [4.78, 5) is 18.1. The summed E-state index contributed by atoms with van der Waals surface area (Å²) < 4.78 is 33.8. The molecule has 0 unspecified atom stereocenters. The van der Waals surface area contributed by atoms with E-state index in [0.717, 1.165) is 17.7 Å². The van der Waals surface area contributed by atoms with Crippen LogP contribution in [0.1, 0.15) is 23.2 Å². The van der Waals surface area contributed by atoms with Crippen LogP contribution in [0, 0.1) is 0 Å². The number of aryl methyl sites for hydroxylation is 1. The molecule has 32 heavy (non-hydrogen) atoms. The summed E-state index contributed by atoms with van der Waals surface area (Å²) in [5, 5.41) is 11.9. The number of fused-ring (bicyclic) bond motifs is 1. The molecule has 0 saturated heterocycles. The van der Waals surface area contributed by atoms with Crippen molar-refractivity contribution in [3.63, 3.8) is 0 Å². The van der Waals surface area contributed by atoms with Gasteiger partial charge in [0.1, 0.15) is 17.0 Å². The molecule has 0 atom stereocenters. The lowest BCUT2D eigenvalue weighted by molar-refractivity contribution is -0.0494. The predicted molar refractivity (Wildman–Crippen MR) is 115 cm³/mol. The third kappa shape index (κ3) is 4.15. The maximum Gasteiger partial charge on any atom is 0.387 e. The SMILES string of the molecule is Cn1cc(NC(=O)c2cnn3cccnc23)c(-c2cc(SC3CC3)ccc2OC(F)F)n1. The van der Waals surface area contributed by atoms with Gasteiger partial charge in [-0.25, -0.2) is 9.50 Å². The number of alkyl halides is 2. The first-order valence-electron chi connectivity index (χ1n) is 9.87. The topological polar surface area (TPSA) is 86.3 Å². The summed E-state index contributed by atoms with van der Waals surface area (Å²) in [7, 11) is 1.69. The van der Waals surface area contributed by atoms with E-state index in [-0.39, 0.29) is 11.3 Å². The number of rotatable bonds is 7. The summed E-state index contributed by atoms with van der Waals surface area (Å²) >= 11 is 1.69. The zero-order chi connectivity index (χ0) is 22.2. The molecule has 1 amide bonds. The summed E-state index contributed by atoms with van der Waals surface area (Å²) in [6, 6.07) is 6.76. The third-order valence-electron chi connectivity index (χ3n) is 4.85. The van der Waals surface area contributed by atoms with Crippen LogP contribution in [0.25, 0.3) is 16.9 Å². The highest BCUT2D eigenvalue weighted by Crippen LogP contribution is 2.43. The molecule has 11 heteroatoms. The van der Waals surface area contributed by atoms with E-state index < -0.39 is 12.5 Å². The monoisotopic (exact) mass is 456 g/mol. The highest BCUT2D eigenvalue weighted by atomic mass is 32.2. The number of thioether (sulfide) groups is 1. The second-order valence-corrected chi connectivity index (χ2v) is 8.69. The molecule has 4 aromatic rings. The van der Waals surface area contributed by atoms with E-state index in [2.05, 4.69) is 20.5 Å². The zero-order valence-electron chi connectivity index (χ0n) is 16.9. The van der Waals surface area contributed by atoms with E-state index in [0.29, 0.717) is 27.8 Å². The normalized spacial score (nSPS) is 13.6. The van der Waals surface area contributed by atoms with Crippen molar-refractivity contribution in [3.8, 4) is 17.0 Å². The molecule has 0 radical (unpaired) electrons. The number of anilines is 1. The number of ether oxygens (including phenoxy) is 1. The molecule has 3 heterocycles. The van der Waals surface area contributed by atoms with Crippen molar-refractivity contribution in [1.29, 1.82) is 0 Å². The molecule has 0 spiro atoms. The predicted octanol–water partition coefficient (Wildman–Crippen LogP) is 4.24. The van der Waals surface area contributed by atoms with Crippen LogP contribution in [0.15, 0.2) is 53.9 Å². The maximum atomic E-state index is 13.0. The molecular formula is C21H18F2N6O2S. The lowest BCUT2D eigenvalue weighted by atomic mass is 10.1. The fraction of sp³-hybridized carbons (Fsp3) is 0.238. The Morgan fingerprint density at radius 3 is 2.97 bits per heavy atom. The van der Waals surface area contributed by atoms with E-state index in [1.165, 1.54) is 21.5 Å². The fourth-order valence-corrected chi connectivity index (χ4v) is 4.39. The Balaban J connectivity index is 1.51. The van der Waals surface area contributed by atoms with Gasteiger partial charge in [0.05, 0.1) is 11.9 Å². The Hall–Kier alpha value is -3.47. The summed E-state index contributed by atoms with van der Waals surface area (Å²) in [5.74, 6) is -0.445. The first-order chi connectivity index (χ1) is 15.5. The van der Waals surface area contributed by atoms with Crippen molar-refractivity contribution in [1.82, 2.24) is 24.4 Å². The number of halogens is 2. The molecule has 1 aromatic carbocycles. The number of benzene rings is 1. The lowest BCUT2D eigenvalue weighted by Gasteiger charge is -2.12. The molecule has 164 valence electrons. The fourth-order valence-electron chi connectivity index (χ4n) is 3.30. The van der Waals surface area contributed by atoms with E-state index in [1.807, 2.05) is 0 Å². The van der Waals surface area contributed by atoms with Gasteiger partial charge in [-0.1, -0.05) is 0 Å². The largest absolute Gasteiger partial charge is 0.434 e. The second kappa shape index (κ2) is 8.23. The van der Waals surface area contributed by atoms with Gasteiger partial charge in [0, 0.05) is 41.3 Å². The number of hydrogen-bond donors (Lipinski definition) is 1. The van der Waals surface area contributed by atoms with Crippen molar-refractivity contribution >= 4 is 29.0 Å². The second-order valence-electron chi connectivity index (χ2n) is 7.32. The van der Waals surface area contributed by atoms with Crippen LogP contribution >= 0.6 is 11.8 Å². The molecule has 1 fully saturated rings. The number of hydrogen-bond acceptors (Lipinski definition) is 6. The van der Waals surface area contributed by atoms with Gasteiger partial charge in [-0.15, -0.1) is 11.8 Å². The van der Waals surface area contributed by atoms with Crippen LogP contribution in [0.4, 0.5) is 14.5 Å². The van der Waals surface area contributed by atoms with Crippen LogP contribution in [0.3, 0.4) is 0 Å². The maximum absolute atomic E-state index is 13.0. The van der Waals surface area contributed by atoms with E-state index >= 15 is 0 Å². The van der Waals surface area contributed by atoms with Crippen molar-refractivity contribution in [2.24, 2.45) is 7.05 Å². The smallest absolute Gasteiger partial charge is 0.387 e. The van der Waals surface area contributed by atoms with Gasteiger partial charge in [0.25, 0.3) is 5.91 Å². The van der Waals surface area contributed by atoms with Crippen LogP contribution < -0.4 is 10.1 Å². The first-order valence-corrected chi connectivity index (χ1v) is 10.7. The number of nitrogens with one attached hydrogen (secondary N) is 1. The number of carbonyl (C=O) groups excluding carboxylic acids is 1. The first kappa shape index (κ1) is 20.4. The van der Waals surface area contributed by atoms with Crippen LogP contribution in [0.5, 0.6) is 5.75 Å². The summed E-state index contributed by atoms with van der Waals surface area (Å²) in [6.07, 6.45) is 8.55. The average molecular weight is 456 g/mol. The molecule has 0 aliphatic heterocycles. The number of carbonyl (C=O) groups is 1. The van der Waals surface area contributed by atoms with Crippen LogP contribution in [-0.4, -0.2) is 42.1 Å². The Morgan fingerprint density at radius 2 is 2.19 bits per heavy atom. The molecular weight excluding hydrogens is 438 g/mol. The minimum atomic E-state index is -2.98. The summed E-state index contributed by atoms with van der Waals surface area (Å²) in [6.45, 7) is -2.98. The van der Waals surface area contributed by atoms with Crippen molar-refractivity contribution in [2.45, 2.75) is 29.6 Å². The van der Waals surface area contributed by atoms with Gasteiger partial charge >= 0.3 is 6.61 Å². The Bertz CT molecular complexity index is 1300. The molecule has 8 nitrogen and oxygen atoms in total. The standard InChI is InChI=1S/C21H18F2N6O2S/c1-28-11-16(26-20(30)15-10-25-29-8-2-7-24-19(15)29)18(27-28)14-9-13(32-12-3-4-12)5-6-17(14)31-21(22)23/h2,5-12,21H,3-4H2,1H3,(H,26,30). The minimum Gasteiger partial charge on any atom is -0.434 e. The third-order valence-corrected chi connectivity index (χ3v) is 6.18.